The smallest absolute Gasteiger partial charge is 0.214 e. The number of anilines is 1. The Morgan fingerprint density at radius 3 is 2.41 bits per heavy atom. The number of hydrogen-bond acceptors (Lipinski definition) is 4. The van der Waals surface area contributed by atoms with Gasteiger partial charge < -0.3 is 4.90 Å². The molecule has 0 unspecified atom stereocenters. The SMILES string of the molecule is O=CN(CC1(N2CCN(Cc3ccc(F)cn3)CC2)CC1)c1ccccc1. The molecule has 1 saturated carbocycles. The van der Waals surface area contributed by atoms with E-state index in [4.69, 9.17) is 0 Å². The summed E-state index contributed by atoms with van der Waals surface area (Å²) in [5.74, 6) is -0.294. The molecule has 0 spiro atoms. The molecule has 1 aliphatic carbocycles. The summed E-state index contributed by atoms with van der Waals surface area (Å²) >= 11 is 0. The van der Waals surface area contributed by atoms with Crippen LogP contribution in [0.3, 0.4) is 0 Å². The fraction of sp³-hybridized carbons (Fsp3) is 0.429. The van der Waals surface area contributed by atoms with E-state index in [1.807, 2.05) is 35.2 Å². The third-order valence-corrected chi connectivity index (χ3v) is 5.72. The highest BCUT2D eigenvalue weighted by molar-refractivity contribution is 5.75. The second kappa shape index (κ2) is 7.74. The highest BCUT2D eigenvalue weighted by atomic mass is 19.1. The van der Waals surface area contributed by atoms with E-state index in [-0.39, 0.29) is 11.4 Å². The van der Waals surface area contributed by atoms with Gasteiger partial charge in [-0.2, -0.15) is 0 Å². The lowest BCUT2D eigenvalue weighted by molar-refractivity contribution is -0.107. The Kier molecular flexibility index (Phi) is 5.18. The van der Waals surface area contributed by atoms with Crippen LogP contribution in [0, 0.1) is 5.82 Å². The molecule has 2 heterocycles. The van der Waals surface area contributed by atoms with Gasteiger partial charge in [-0.05, 0) is 37.1 Å². The zero-order valence-corrected chi connectivity index (χ0v) is 15.4. The van der Waals surface area contributed by atoms with Crippen molar-refractivity contribution in [1.82, 2.24) is 14.8 Å². The van der Waals surface area contributed by atoms with Crippen molar-refractivity contribution in [3.63, 3.8) is 0 Å². The predicted octanol–water partition coefficient (Wildman–Crippen LogP) is 2.53. The molecule has 1 amide bonds. The molecular formula is C21H25FN4O. The van der Waals surface area contributed by atoms with E-state index in [0.717, 1.165) is 69.9 Å². The Balaban J connectivity index is 1.33. The van der Waals surface area contributed by atoms with Gasteiger partial charge in [-0.25, -0.2) is 4.39 Å². The minimum Gasteiger partial charge on any atom is -0.313 e. The second-order valence-electron chi connectivity index (χ2n) is 7.52. The largest absolute Gasteiger partial charge is 0.313 e. The third kappa shape index (κ3) is 4.17. The van der Waals surface area contributed by atoms with Gasteiger partial charge in [0.15, 0.2) is 0 Å². The number of halogens is 1. The van der Waals surface area contributed by atoms with E-state index >= 15 is 0 Å². The highest BCUT2D eigenvalue weighted by Crippen LogP contribution is 2.43. The summed E-state index contributed by atoms with van der Waals surface area (Å²) in [5, 5.41) is 0. The number of rotatable bonds is 7. The van der Waals surface area contributed by atoms with Crippen LogP contribution in [-0.4, -0.2) is 59.5 Å². The van der Waals surface area contributed by atoms with Crippen molar-refractivity contribution >= 4 is 12.1 Å². The molecule has 0 bridgehead atoms. The number of nitrogens with zero attached hydrogens (tertiary/aromatic N) is 4. The Hall–Kier alpha value is -2.31. The van der Waals surface area contributed by atoms with Gasteiger partial charge >= 0.3 is 0 Å². The van der Waals surface area contributed by atoms with Crippen molar-refractivity contribution in [2.24, 2.45) is 0 Å². The van der Waals surface area contributed by atoms with Gasteiger partial charge in [0.2, 0.25) is 6.41 Å². The van der Waals surface area contributed by atoms with E-state index in [0.29, 0.717) is 0 Å². The highest BCUT2D eigenvalue weighted by Gasteiger charge is 2.49. The number of amides is 1. The van der Waals surface area contributed by atoms with Gasteiger partial charge in [-0.15, -0.1) is 0 Å². The van der Waals surface area contributed by atoms with Crippen molar-refractivity contribution in [2.75, 3.05) is 37.6 Å². The van der Waals surface area contributed by atoms with Gasteiger partial charge in [0.25, 0.3) is 0 Å². The topological polar surface area (TPSA) is 39.7 Å². The van der Waals surface area contributed by atoms with Crippen molar-refractivity contribution in [2.45, 2.75) is 24.9 Å². The summed E-state index contributed by atoms with van der Waals surface area (Å²) in [5.41, 5.74) is 1.98. The van der Waals surface area contributed by atoms with Crippen LogP contribution < -0.4 is 4.90 Å². The summed E-state index contributed by atoms with van der Waals surface area (Å²) < 4.78 is 13.0. The number of carbonyl (C=O) groups excluding carboxylic acids is 1. The standard InChI is InChI=1S/C21H25FN4O/c22-18-6-7-19(23-14-18)15-24-10-12-26(13-11-24)21(8-9-21)16-25(17-27)20-4-2-1-3-5-20/h1-7,14,17H,8-13,15-16H2. The van der Waals surface area contributed by atoms with Gasteiger partial charge in [0, 0.05) is 50.5 Å². The number of para-hydroxylation sites is 1. The zero-order valence-electron chi connectivity index (χ0n) is 15.4. The molecule has 27 heavy (non-hydrogen) atoms. The number of pyridine rings is 1. The lowest BCUT2D eigenvalue weighted by atomic mass is 10.1. The molecule has 0 atom stereocenters. The monoisotopic (exact) mass is 368 g/mol. The molecule has 5 nitrogen and oxygen atoms in total. The summed E-state index contributed by atoms with van der Waals surface area (Å²) in [7, 11) is 0. The number of piperazine rings is 1. The second-order valence-corrected chi connectivity index (χ2v) is 7.52. The molecule has 142 valence electrons. The minimum absolute atomic E-state index is 0.122. The first kappa shape index (κ1) is 18.1. The van der Waals surface area contributed by atoms with Crippen LogP contribution in [-0.2, 0) is 11.3 Å². The summed E-state index contributed by atoms with van der Waals surface area (Å²) in [6.45, 7) is 5.41. The molecule has 2 fully saturated rings. The van der Waals surface area contributed by atoms with E-state index in [1.165, 1.54) is 12.3 Å². The fourth-order valence-electron chi connectivity index (χ4n) is 3.95. The third-order valence-electron chi connectivity index (χ3n) is 5.72. The minimum atomic E-state index is -0.294. The molecule has 2 aromatic rings. The van der Waals surface area contributed by atoms with Crippen molar-refractivity contribution in [3.05, 3.63) is 60.2 Å². The maximum Gasteiger partial charge on any atom is 0.214 e. The van der Waals surface area contributed by atoms with Crippen LogP contribution in [0.1, 0.15) is 18.5 Å². The predicted molar refractivity (Wildman–Crippen MR) is 103 cm³/mol. The maximum absolute atomic E-state index is 13.0. The lowest BCUT2D eigenvalue weighted by Gasteiger charge is -2.41. The maximum atomic E-state index is 13.0. The number of carbonyl (C=O) groups is 1. The average Bonchev–Trinajstić information content (AvgIpc) is 3.50. The van der Waals surface area contributed by atoms with Gasteiger partial charge in [0.1, 0.15) is 5.82 Å². The number of benzene rings is 1. The van der Waals surface area contributed by atoms with Crippen LogP contribution in [0.15, 0.2) is 48.7 Å². The van der Waals surface area contributed by atoms with E-state index in [9.17, 15) is 9.18 Å². The normalized spacial score (nSPS) is 19.6. The molecule has 1 aromatic carbocycles. The fourth-order valence-corrected chi connectivity index (χ4v) is 3.95. The van der Waals surface area contributed by atoms with Crippen LogP contribution in [0.4, 0.5) is 10.1 Å². The quantitative estimate of drug-likeness (QED) is 0.704. The van der Waals surface area contributed by atoms with E-state index in [2.05, 4.69) is 14.8 Å². The number of hydrogen-bond donors (Lipinski definition) is 0. The first-order valence-electron chi connectivity index (χ1n) is 9.53. The zero-order chi connectivity index (χ0) is 18.7. The van der Waals surface area contributed by atoms with Crippen LogP contribution in [0.2, 0.25) is 0 Å². The van der Waals surface area contributed by atoms with Crippen molar-refractivity contribution in [1.29, 1.82) is 0 Å². The molecule has 0 N–H and O–H groups in total. The lowest BCUT2D eigenvalue weighted by Crippen LogP contribution is -2.54. The molecule has 4 rings (SSSR count). The molecular weight excluding hydrogens is 343 g/mol. The molecule has 1 aromatic heterocycles. The van der Waals surface area contributed by atoms with Gasteiger partial charge in [-0.1, -0.05) is 18.2 Å². The van der Waals surface area contributed by atoms with E-state index < -0.39 is 0 Å². The van der Waals surface area contributed by atoms with Gasteiger partial charge in [-0.3, -0.25) is 19.6 Å². The number of aromatic nitrogens is 1. The Morgan fingerprint density at radius 1 is 1.07 bits per heavy atom. The van der Waals surface area contributed by atoms with Gasteiger partial charge in [0.05, 0.1) is 11.9 Å². The summed E-state index contributed by atoms with van der Waals surface area (Å²) in [6.07, 6.45) is 4.52. The summed E-state index contributed by atoms with van der Waals surface area (Å²) in [4.78, 5) is 22.5. The van der Waals surface area contributed by atoms with E-state index in [1.54, 1.807) is 6.07 Å². The van der Waals surface area contributed by atoms with Crippen molar-refractivity contribution < 1.29 is 9.18 Å². The molecule has 2 aliphatic rings. The molecule has 1 saturated heterocycles. The molecule has 6 heteroatoms. The first-order valence-corrected chi connectivity index (χ1v) is 9.53. The van der Waals surface area contributed by atoms with Crippen LogP contribution in [0.5, 0.6) is 0 Å². The summed E-state index contributed by atoms with van der Waals surface area (Å²) in [6, 6.07) is 13.1. The molecule has 1 aliphatic heterocycles. The Bertz CT molecular complexity index is 756. The molecule has 0 radical (unpaired) electrons. The van der Waals surface area contributed by atoms with Crippen LogP contribution in [0.25, 0.3) is 0 Å². The Morgan fingerprint density at radius 2 is 1.81 bits per heavy atom. The average molecular weight is 368 g/mol. The van der Waals surface area contributed by atoms with Crippen molar-refractivity contribution in [3.8, 4) is 0 Å². The first-order chi connectivity index (χ1) is 13.2. The Labute approximate surface area is 159 Å². The van der Waals surface area contributed by atoms with Crippen LogP contribution >= 0.6 is 0 Å².